The van der Waals surface area contributed by atoms with Gasteiger partial charge in [0.25, 0.3) is 0 Å². The van der Waals surface area contributed by atoms with Crippen molar-refractivity contribution < 1.29 is 14.6 Å². The molecule has 0 saturated carbocycles. The summed E-state index contributed by atoms with van der Waals surface area (Å²) in [7, 11) is 0. The fourth-order valence-corrected chi connectivity index (χ4v) is 2.39. The topological polar surface area (TPSA) is 70.6 Å². The van der Waals surface area contributed by atoms with Gasteiger partial charge in [-0.15, -0.1) is 0 Å². The number of β-amino-alcohol motifs (C(OH)–C–C–N with tert-alkyl or cyclic N) is 1. The highest BCUT2D eigenvalue weighted by Gasteiger charge is 2.27. The molecule has 1 amide bonds. The maximum Gasteiger partial charge on any atom is 0.237 e. The molecule has 1 heterocycles. The van der Waals surface area contributed by atoms with Crippen LogP contribution in [0.2, 0.25) is 0 Å². The quantitative estimate of drug-likeness (QED) is 0.687. The Kier molecular flexibility index (Phi) is 4.98. The van der Waals surface area contributed by atoms with E-state index in [0.717, 1.165) is 16.9 Å². The summed E-state index contributed by atoms with van der Waals surface area (Å²) in [5.74, 6) is 0.808. The van der Waals surface area contributed by atoms with E-state index in [9.17, 15) is 9.90 Å². The second kappa shape index (κ2) is 6.72. The third-order valence-corrected chi connectivity index (χ3v) is 3.48. The van der Waals surface area contributed by atoms with Crippen LogP contribution in [0.3, 0.4) is 0 Å². The van der Waals surface area contributed by atoms with Gasteiger partial charge >= 0.3 is 0 Å². The fourth-order valence-electron chi connectivity index (χ4n) is 2.39. The number of aryl methyl sites for hydroxylation is 2. The number of carbonyl (C=O) groups is 1. The van der Waals surface area contributed by atoms with Gasteiger partial charge in [-0.3, -0.25) is 4.79 Å². The Hall–Kier alpha value is -1.59. The number of hydrogen-bond acceptors (Lipinski definition) is 4. The number of aliphatic hydroxyl groups is 1. The number of amides is 1. The van der Waals surface area contributed by atoms with Crippen LogP contribution in [0.25, 0.3) is 0 Å². The van der Waals surface area contributed by atoms with Crippen LogP contribution in [-0.2, 0) is 4.79 Å². The summed E-state index contributed by atoms with van der Waals surface area (Å²) in [6, 6.07) is 5.72. The normalized spacial score (nSPS) is 21.8. The first-order chi connectivity index (χ1) is 9.58. The highest BCUT2D eigenvalue weighted by molar-refractivity contribution is 5.82. The molecular weight excluding hydrogens is 256 g/mol. The molecule has 20 heavy (non-hydrogen) atoms. The SMILES string of the molecule is Cc1cccc(C)c1OCCNC(=O)[C@@H]1C[C@H](O)CN1. The Labute approximate surface area is 119 Å². The highest BCUT2D eigenvalue weighted by atomic mass is 16.5. The van der Waals surface area contributed by atoms with Crippen molar-refractivity contribution >= 4 is 5.91 Å². The molecule has 5 nitrogen and oxygen atoms in total. The first kappa shape index (κ1) is 14.8. The molecule has 0 aromatic heterocycles. The Morgan fingerprint density at radius 1 is 1.45 bits per heavy atom. The molecule has 0 aliphatic carbocycles. The molecule has 2 atom stereocenters. The van der Waals surface area contributed by atoms with Gasteiger partial charge in [0.15, 0.2) is 0 Å². The first-order valence-corrected chi connectivity index (χ1v) is 6.96. The Bertz CT molecular complexity index is 456. The van der Waals surface area contributed by atoms with Crippen molar-refractivity contribution in [3.8, 4) is 5.75 Å². The molecule has 3 N–H and O–H groups in total. The van der Waals surface area contributed by atoms with E-state index in [1.54, 1.807) is 0 Å². The highest BCUT2D eigenvalue weighted by Crippen LogP contribution is 2.21. The lowest BCUT2D eigenvalue weighted by molar-refractivity contribution is -0.123. The maximum absolute atomic E-state index is 11.8. The number of rotatable bonds is 5. The van der Waals surface area contributed by atoms with Gasteiger partial charge in [-0.05, 0) is 31.4 Å². The summed E-state index contributed by atoms with van der Waals surface area (Å²) in [5.41, 5.74) is 2.19. The standard InChI is InChI=1S/C15H22N2O3/c1-10-4-3-5-11(2)14(10)20-7-6-16-15(19)13-8-12(18)9-17-13/h3-5,12-13,17-18H,6-9H2,1-2H3,(H,16,19)/t12-,13-/m0/s1. The van der Waals surface area contributed by atoms with Crippen LogP contribution >= 0.6 is 0 Å². The molecule has 1 aromatic carbocycles. The van der Waals surface area contributed by atoms with Crippen molar-refractivity contribution in [1.82, 2.24) is 10.6 Å². The molecule has 0 radical (unpaired) electrons. The predicted octanol–water partition coefficient (Wildman–Crippen LogP) is 0.521. The van der Waals surface area contributed by atoms with Gasteiger partial charge in [0.05, 0.1) is 18.7 Å². The lowest BCUT2D eigenvalue weighted by Gasteiger charge is -2.14. The number of hydrogen-bond donors (Lipinski definition) is 3. The van der Waals surface area contributed by atoms with Crippen molar-refractivity contribution in [2.75, 3.05) is 19.7 Å². The molecule has 1 fully saturated rings. The van der Waals surface area contributed by atoms with E-state index in [2.05, 4.69) is 10.6 Å². The van der Waals surface area contributed by atoms with Crippen LogP contribution in [0, 0.1) is 13.8 Å². The van der Waals surface area contributed by atoms with E-state index >= 15 is 0 Å². The lowest BCUT2D eigenvalue weighted by Crippen LogP contribution is -2.41. The van der Waals surface area contributed by atoms with Gasteiger partial charge in [0.2, 0.25) is 5.91 Å². The zero-order chi connectivity index (χ0) is 14.5. The van der Waals surface area contributed by atoms with Gasteiger partial charge in [-0.25, -0.2) is 0 Å². The summed E-state index contributed by atoms with van der Waals surface area (Å²) in [5, 5.41) is 15.2. The minimum absolute atomic E-state index is 0.0772. The summed E-state index contributed by atoms with van der Waals surface area (Å²) < 4.78 is 5.72. The number of ether oxygens (including phenoxy) is 1. The van der Waals surface area contributed by atoms with Gasteiger partial charge in [-0.1, -0.05) is 18.2 Å². The number of para-hydroxylation sites is 1. The zero-order valence-corrected chi connectivity index (χ0v) is 12.0. The van der Waals surface area contributed by atoms with Crippen LogP contribution in [0.1, 0.15) is 17.5 Å². The largest absolute Gasteiger partial charge is 0.491 e. The number of nitrogens with one attached hydrogen (secondary N) is 2. The van der Waals surface area contributed by atoms with Crippen molar-refractivity contribution in [3.63, 3.8) is 0 Å². The van der Waals surface area contributed by atoms with Crippen LogP contribution in [-0.4, -0.2) is 42.9 Å². The van der Waals surface area contributed by atoms with Crippen molar-refractivity contribution in [3.05, 3.63) is 29.3 Å². The fraction of sp³-hybridized carbons (Fsp3) is 0.533. The van der Waals surface area contributed by atoms with Gasteiger partial charge < -0.3 is 20.5 Å². The molecule has 1 aromatic rings. The molecule has 1 aliphatic heterocycles. The smallest absolute Gasteiger partial charge is 0.237 e. The van der Waals surface area contributed by atoms with E-state index in [0.29, 0.717) is 26.1 Å². The summed E-state index contributed by atoms with van der Waals surface area (Å²) in [6.45, 7) is 5.39. The van der Waals surface area contributed by atoms with E-state index < -0.39 is 6.10 Å². The molecule has 5 heteroatoms. The van der Waals surface area contributed by atoms with Crippen LogP contribution < -0.4 is 15.4 Å². The van der Waals surface area contributed by atoms with E-state index in [1.165, 1.54) is 0 Å². The van der Waals surface area contributed by atoms with Crippen LogP contribution in [0.15, 0.2) is 18.2 Å². The van der Waals surface area contributed by atoms with Crippen molar-refractivity contribution in [1.29, 1.82) is 0 Å². The minimum Gasteiger partial charge on any atom is -0.491 e. The molecule has 110 valence electrons. The molecule has 0 unspecified atom stereocenters. The molecule has 1 aliphatic rings. The Morgan fingerprint density at radius 2 is 2.15 bits per heavy atom. The van der Waals surface area contributed by atoms with Gasteiger partial charge in [-0.2, -0.15) is 0 Å². The maximum atomic E-state index is 11.8. The Morgan fingerprint density at radius 3 is 2.75 bits per heavy atom. The molecule has 0 bridgehead atoms. The average Bonchev–Trinajstić information content (AvgIpc) is 2.84. The Balaban J connectivity index is 1.73. The van der Waals surface area contributed by atoms with Crippen molar-refractivity contribution in [2.45, 2.75) is 32.4 Å². The predicted molar refractivity (Wildman–Crippen MR) is 76.8 cm³/mol. The zero-order valence-electron chi connectivity index (χ0n) is 12.0. The summed E-state index contributed by atoms with van der Waals surface area (Å²) in [4.78, 5) is 11.8. The molecule has 0 spiro atoms. The monoisotopic (exact) mass is 278 g/mol. The first-order valence-electron chi connectivity index (χ1n) is 6.96. The van der Waals surface area contributed by atoms with Gasteiger partial charge in [0.1, 0.15) is 12.4 Å². The number of aliphatic hydroxyl groups excluding tert-OH is 1. The molecule has 1 saturated heterocycles. The minimum atomic E-state index is -0.420. The summed E-state index contributed by atoms with van der Waals surface area (Å²) >= 11 is 0. The molecular formula is C15H22N2O3. The van der Waals surface area contributed by atoms with Crippen LogP contribution in [0.4, 0.5) is 0 Å². The van der Waals surface area contributed by atoms with Gasteiger partial charge in [0, 0.05) is 6.54 Å². The van der Waals surface area contributed by atoms with Crippen LogP contribution in [0.5, 0.6) is 5.75 Å². The lowest BCUT2D eigenvalue weighted by atomic mass is 10.1. The number of carbonyl (C=O) groups excluding carboxylic acids is 1. The second-order valence-electron chi connectivity index (χ2n) is 5.21. The van der Waals surface area contributed by atoms with E-state index in [1.807, 2.05) is 32.0 Å². The average molecular weight is 278 g/mol. The summed E-state index contributed by atoms with van der Waals surface area (Å²) in [6.07, 6.45) is 0.0560. The van der Waals surface area contributed by atoms with E-state index in [4.69, 9.17) is 4.74 Å². The third-order valence-electron chi connectivity index (χ3n) is 3.48. The van der Waals surface area contributed by atoms with E-state index in [-0.39, 0.29) is 11.9 Å². The molecule has 2 rings (SSSR count). The van der Waals surface area contributed by atoms with Crippen molar-refractivity contribution in [2.24, 2.45) is 0 Å². The second-order valence-corrected chi connectivity index (χ2v) is 5.21. The number of benzene rings is 1. The third kappa shape index (κ3) is 3.71.